The van der Waals surface area contributed by atoms with Crippen molar-refractivity contribution in [2.24, 2.45) is 0 Å². The molecule has 0 saturated carbocycles. The molecule has 23 heavy (non-hydrogen) atoms. The molecule has 1 atom stereocenters. The molecule has 0 saturated heterocycles. The van der Waals surface area contributed by atoms with Crippen molar-refractivity contribution >= 4 is 33.4 Å². The van der Waals surface area contributed by atoms with E-state index < -0.39 is 16.3 Å². The van der Waals surface area contributed by atoms with Crippen molar-refractivity contribution in [3.8, 4) is 0 Å². The van der Waals surface area contributed by atoms with Gasteiger partial charge in [-0.3, -0.25) is 0 Å². The maximum atomic E-state index is 12.8. The van der Waals surface area contributed by atoms with E-state index in [9.17, 15) is 8.42 Å². The quantitative estimate of drug-likeness (QED) is 0.829. The fourth-order valence-corrected chi connectivity index (χ4v) is 4.59. The minimum absolute atomic E-state index is 0.381. The van der Waals surface area contributed by atoms with Crippen LogP contribution in [0.2, 0.25) is 10.0 Å². The Kier molecular flexibility index (Phi) is 4.46. The summed E-state index contributed by atoms with van der Waals surface area (Å²) in [7, 11) is -0.521. The van der Waals surface area contributed by atoms with Crippen LogP contribution < -0.4 is 0 Å². The third kappa shape index (κ3) is 2.90. The number of benzene rings is 1. The molecular formula is C15H17Cl2N3O2S. The standard InChI is InChI=1S/C15H17Cl2N3O2S/c1-18(2)23(21,22)20-9-8-19-7-3-4-14(19)15(20)12-6-5-11(16)10-13(12)17/h3-7,10,15H,8-9H2,1-2H3. The van der Waals surface area contributed by atoms with Crippen LogP contribution in [0.3, 0.4) is 0 Å². The fraction of sp³-hybridized carbons (Fsp3) is 0.333. The second-order valence-corrected chi connectivity index (χ2v) is 8.53. The van der Waals surface area contributed by atoms with E-state index in [-0.39, 0.29) is 0 Å². The zero-order valence-electron chi connectivity index (χ0n) is 12.8. The molecule has 5 nitrogen and oxygen atoms in total. The molecule has 1 aromatic heterocycles. The number of aromatic nitrogens is 1. The summed E-state index contributed by atoms with van der Waals surface area (Å²) in [6.07, 6.45) is 1.95. The van der Waals surface area contributed by atoms with Crippen molar-refractivity contribution < 1.29 is 8.42 Å². The molecule has 0 amide bonds. The summed E-state index contributed by atoms with van der Waals surface area (Å²) >= 11 is 12.3. The second kappa shape index (κ2) is 6.11. The van der Waals surface area contributed by atoms with Gasteiger partial charge in [0.2, 0.25) is 0 Å². The van der Waals surface area contributed by atoms with Gasteiger partial charge in [0.25, 0.3) is 10.2 Å². The van der Waals surface area contributed by atoms with E-state index >= 15 is 0 Å². The van der Waals surface area contributed by atoms with Crippen LogP contribution in [0.4, 0.5) is 0 Å². The molecule has 0 radical (unpaired) electrons. The summed E-state index contributed by atoms with van der Waals surface area (Å²) in [6.45, 7) is 0.989. The number of nitrogens with zero attached hydrogens (tertiary/aromatic N) is 3. The largest absolute Gasteiger partial charge is 0.348 e. The van der Waals surface area contributed by atoms with Crippen molar-refractivity contribution in [2.75, 3.05) is 20.6 Å². The summed E-state index contributed by atoms with van der Waals surface area (Å²) in [5, 5.41) is 0.975. The summed E-state index contributed by atoms with van der Waals surface area (Å²) in [4.78, 5) is 0. The first-order valence-electron chi connectivity index (χ1n) is 7.11. The maximum absolute atomic E-state index is 12.8. The Morgan fingerprint density at radius 1 is 1.17 bits per heavy atom. The zero-order chi connectivity index (χ0) is 16.8. The molecule has 2 heterocycles. The van der Waals surface area contributed by atoms with Crippen LogP contribution >= 0.6 is 23.2 Å². The van der Waals surface area contributed by atoms with Crippen molar-refractivity contribution in [3.05, 3.63) is 57.8 Å². The Hall–Kier alpha value is -1.05. The van der Waals surface area contributed by atoms with E-state index in [2.05, 4.69) is 4.57 Å². The van der Waals surface area contributed by atoms with Crippen LogP contribution in [0.15, 0.2) is 36.5 Å². The Morgan fingerprint density at radius 2 is 1.91 bits per heavy atom. The van der Waals surface area contributed by atoms with Gasteiger partial charge < -0.3 is 4.57 Å². The first-order chi connectivity index (χ1) is 10.8. The normalized spacial score (nSPS) is 19.1. The van der Waals surface area contributed by atoms with Gasteiger partial charge in [0.15, 0.2) is 0 Å². The first-order valence-corrected chi connectivity index (χ1v) is 9.27. The predicted molar refractivity (Wildman–Crippen MR) is 92.0 cm³/mol. The van der Waals surface area contributed by atoms with Crippen molar-refractivity contribution in [2.45, 2.75) is 12.6 Å². The molecule has 0 N–H and O–H groups in total. The van der Waals surface area contributed by atoms with E-state index in [1.807, 2.05) is 18.3 Å². The number of rotatable bonds is 3. The van der Waals surface area contributed by atoms with E-state index in [0.717, 1.165) is 11.3 Å². The molecule has 1 aliphatic heterocycles. The highest BCUT2D eigenvalue weighted by Gasteiger charge is 2.38. The molecule has 2 aromatic rings. The van der Waals surface area contributed by atoms with Gasteiger partial charge in [-0.25, -0.2) is 0 Å². The highest BCUT2D eigenvalue weighted by Crippen LogP contribution is 2.38. The van der Waals surface area contributed by atoms with Gasteiger partial charge in [-0.15, -0.1) is 0 Å². The third-order valence-corrected chi connectivity index (χ3v) is 6.48. The van der Waals surface area contributed by atoms with Gasteiger partial charge in [-0.1, -0.05) is 29.3 Å². The topological polar surface area (TPSA) is 45.6 Å². The molecule has 3 rings (SSSR count). The molecule has 0 aliphatic carbocycles. The highest BCUT2D eigenvalue weighted by molar-refractivity contribution is 7.86. The Labute approximate surface area is 146 Å². The molecule has 1 aromatic carbocycles. The summed E-state index contributed by atoms with van der Waals surface area (Å²) in [6, 6.07) is 8.52. The summed E-state index contributed by atoms with van der Waals surface area (Å²) < 4.78 is 30.3. The van der Waals surface area contributed by atoms with Crippen LogP contribution in [-0.2, 0) is 16.8 Å². The second-order valence-electron chi connectivity index (χ2n) is 5.60. The molecule has 1 aliphatic rings. The zero-order valence-corrected chi connectivity index (χ0v) is 15.1. The lowest BCUT2D eigenvalue weighted by atomic mass is 10.0. The SMILES string of the molecule is CN(C)S(=O)(=O)N1CCn2cccc2C1c1ccc(Cl)cc1Cl. The minimum atomic E-state index is -3.58. The molecule has 0 fully saturated rings. The molecule has 0 bridgehead atoms. The molecule has 8 heteroatoms. The van der Waals surface area contributed by atoms with Gasteiger partial charge in [0.05, 0.1) is 6.04 Å². The van der Waals surface area contributed by atoms with Crippen LogP contribution in [0, 0.1) is 0 Å². The average molecular weight is 374 g/mol. The average Bonchev–Trinajstić information content (AvgIpc) is 2.95. The van der Waals surface area contributed by atoms with E-state index in [1.165, 1.54) is 22.7 Å². The van der Waals surface area contributed by atoms with E-state index in [4.69, 9.17) is 23.2 Å². The van der Waals surface area contributed by atoms with Crippen LogP contribution in [-0.4, -0.2) is 42.2 Å². The fourth-order valence-electron chi connectivity index (χ4n) is 2.86. The summed E-state index contributed by atoms with van der Waals surface area (Å²) in [5.74, 6) is 0. The first kappa shape index (κ1) is 16.8. The lowest BCUT2D eigenvalue weighted by Gasteiger charge is -2.37. The lowest BCUT2D eigenvalue weighted by Crippen LogP contribution is -2.47. The van der Waals surface area contributed by atoms with E-state index in [0.29, 0.717) is 23.1 Å². The van der Waals surface area contributed by atoms with Gasteiger partial charge >= 0.3 is 0 Å². The predicted octanol–water partition coefficient (Wildman–Crippen LogP) is 3.01. The van der Waals surface area contributed by atoms with Crippen LogP contribution in [0.1, 0.15) is 17.3 Å². The number of fused-ring (bicyclic) bond motifs is 1. The number of hydrogen-bond donors (Lipinski definition) is 0. The smallest absolute Gasteiger partial charge is 0.282 e. The van der Waals surface area contributed by atoms with Crippen molar-refractivity contribution in [3.63, 3.8) is 0 Å². The Bertz CT molecular complexity index is 833. The lowest BCUT2D eigenvalue weighted by molar-refractivity contribution is 0.281. The molecule has 124 valence electrons. The number of halogens is 2. The van der Waals surface area contributed by atoms with Gasteiger partial charge in [-0.05, 0) is 29.8 Å². The van der Waals surface area contributed by atoms with Crippen molar-refractivity contribution in [1.29, 1.82) is 0 Å². The molecule has 1 unspecified atom stereocenters. The van der Waals surface area contributed by atoms with Gasteiger partial charge in [0, 0.05) is 49.1 Å². The van der Waals surface area contributed by atoms with Crippen LogP contribution in [0.5, 0.6) is 0 Å². The Balaban J connectivity index is 2.18. The van der Waals surface area contributed by atoms with Gasteiger partial charge in [-0.2, -0.15) is 17.0 Å². The van der Waals surface area contributed by atoms with E-state index in [1.54, 1.807) is 18.2 Å². The van der Waals surface area contributed by atoms with Gasteiger partial charge in [0.1, 0.15) is 0 Å². The maximum Gasteiger partial charge on any atom is 0.282 e. The Morgan fingerprint density at radius 3 is 2.57 bits per heavy atom. The molecule has 0 spiro atoms. The highest BCUT2D eigenvalue weighted by atomic mass is 35.5. The molecular weight excluding hydrogens is 357 g/mol. The summed E-state index contributed by atoms with van der Waals surface area (Å²) in [5.41, 5.74) is 1.62. The minimum Gasteiger partial charge on any atom is -0.348 e. The van der Waals surface area contributed by atoms with Crippen molar-refractivity contribution in [1.82, 2.24) is 13.2 Å². The number of hydrogen-bond acceptors (Lipinski definition) is 2. The van der Waals surface area contributed by atoms with Crippen LogP contribution in [0.25, 0.3) is 0 Å². The monoisotopic (exact) mass is 373 g/mol. The third-order valence-electron chi connectivity index (χ3n) is 4.01.